The van der Waals surface area contributed by atoms with Gasteiger partial charge in [0, 0.05) is 5.57 Å². The number of aromatic nitrogens is 2. The van der Waals surface area contributed by atoms with Crippen LogP contribution in [0.25, 0.3) is 5.57 Å². The van der Waals surface area contributed by atoms with Crippen LogP contribution >= 0.6 is 0 Å². The van der Waals surface area contributed by atoms with Crippen LogP contribution in [-0.2, 0) is 25.0 Å². The second kappa shape index (κ2) is 10.2. The van der Waals surface area contributed by atoms with Crippen molar-refractivity contribution < 1.29 is 35.8 Å². The molecule has 14 nitrogen and oxygen atoms in total. The average Bonchev–Trinajstić information content (AvgIpc) is 3.27. The van der Waals surface area contributed by atoms with Crippen LogP contribution in [0.1, 0.15) is 23.7 Å². The van der Waals surface area contributed by atoms with Crippen LogP contribution in [0.15, 0.2) is 69.0 Å². The molecule has 0 atom stereocenters. The van der Waals surface area contributed by atoms with E-state index >= 15 is 0 Å². The summed E-state index contributed by atoms with van der Waals surface area (Å²) in [5.74, 6) is -0.948. The Morgan fingerprint density at radius 1 is 0.865 bits per heavy atom. The van der Waals surface area contributed by atoms with Crippen molar-refractivity contribution in [3.05, 3.63) is 70.9 Å². The van der Waals surface area contributed by atoms with Gasteiger partial charge in [-0.15, -0.1) is 0 Å². The number of rotatable bonds is 5. The minimum absolute atomic E-state index is 0. The number of aromatic hydroxyl groups is 1. The highest BCUT2D eigenvalue weighted by Gasteiger charge is 2.34. The molecule has 0 aliphatic carbocycles. The van der Waals surface area contributed by atoms with Crippen LogP contribution < -0.4 is 17.3 Å². The Balaban J connectivity index is 0.00000241. The van der Waals surface area contributed by atoms with Crippen molar-refractivity contribution >= 4 is 43.1 Å². The van der Waals surface area contributed by atoms with Crippen molar-refractivity contribution in [1.29, 1.82) is 0 Å². The van der Waals surface area contributed by atoms with Crippen LogP contribution in [0.3, 0.4) is 0 Å². The number of nitrogens with zero attached hydrogens (tertiary/aromatic N) is 3. The molecule has 3 aromatic rings. The summed E-state index contributed by atoms with van der Waals surface area (Å²) >= 11 is 0. The number of hydrazone groups is 1. The maximum Gasteiger partial charge on any atom is 0.294 e. The molecule has 37 heavy (non-hydrogen) atoms. The second-order valence-corrected chi connectivity index (χ2v) is 10.4. The van der Waals surface area contributed by atoms with E-state index in [1.165, 1.54) is 24.3 Å². The highest BCUT2D eigenvalue weighted by molar-refractivity contribution is 7.86. The number of hydrogen-bond acceptors (Lipinski definition) is 10. The minimum atomic E-state index is -4.46. The predicted octanol–water partition coefficient (Wildman–Crippen LogP) is 2.47. The first kappa shape index (κ1) is 29.3. The lowest BCUT2D eigenvalue weighted by Gasteiger charge is -2.15. The van der Waals surface area contributed by atoms with Gasteiger partial charge >= 0.3 is 0 Å². The van der Waals surface area contributed by atoms with Crippen LogP contribution in [0.5, 0.6) is 5.88 Å². The Hall–Kier alpha value is -3.93. The van der Waals surface area contributed by atoms with E-state index in [2.05, 4.69) is 15.3 Å². The summed E-state index contributed by atoms with van der Waals surface area (Å²) < 4.78 is 64.0. The normalized spacial score (nSPS) is 15.1. The topological polar surface area (TPSA) is 260 Å². The van der Waals surface area contributed by atoms with Gasteiger partial charge in [-0.1, -0.05) is 12.1 Å². The number of aromatic amines is 1. The molecular weight excluding hydrogens is 528 g/mol. The SMILES string of the molecule is CC1=NN(c2ccc(S(=O)(=O)O)cc2)C(=O)C1=C(c1ccc(S(=O)(=O)O)cc1)c1c(C)n[nH]c1O.N.N. The fourth-order valence-electron chi connectivity index (χ4n) is 3.65. The lowest BCUT2D eigenvalue weighted by Crippen LogP contribution is -2.22. The summed E-state index contributed by atoms with van der Waals surface area (Å²) in [7, 11) is -8.89. The summed E-state index contributed by atoms with van der Waals surface area (Å²) in [6.45, 7) is 3.15. The zero-order valence-electron chi connectivity index (χ0n) is 19.6. The second-order valence-electron chi connectivity index (χ2n) is 7.55. The molecular formula is C21H24N6O8S2. The first-order valence-corrected chi connectivity index (χ1v) is 12.7. The molecule has 0 spiro atoms. The van der Waals surface area contributed by atoms with Gasteiger partial charge in [0.15, 0.2) is 0 Å². The molecule has 198 valence electrons. The molecule has 4 rings (SSSR count). The number of nitrogens with one attached hydrogen (secondary N) is 1. The van der Waals surface area contributed by atoms with Gasteiger partial charge in [-0.2, -0.15) is 32.0 Å². The molecule has 1 aliphatic rings. The van der Waals surface area contributed by atoms with Gasteiger partial charge in [0.05, 0.1) is 38.0 Å². The monoisotopic (exact) mass is 552 g/mol. The van der Waals surface area contributed by atoms with Gasteiger partial charge in [0.25, 0.3) is 26.1 Å². The predicted molar refractivity (Wildman–Crippen MR) is 134 cm³/mol. The third kappa shape index (κ3) is 5.43. The summed E-state index contributed by atoms with van der Waals surface area (Å²) in [4.78, 5) is 12.8. The van der Waals surface area contributed by atoms with Crippen molar-refractivity contribution in [1.82, 2.24) is 22.5 Å². The highest BCUT2D eigenvalue weighted by Crippen LogP contribution is 2.38. The maximum absolute atomic E-state index is 13.5. The van der Waals surface area contributed by atoms with E-state index in [-0.39, 0.29) is 56.1 Å². The van der Waals surface area contributed by atoms with Crippen molar-refractivity contribution in [3.63, 3.8) is 0 Å². The van der Waals surface area contributed by atoms with Crippen molar-refractivity contribution in [2.45, 2.75) is 23.6 Å². The van der Waals surface area contributed by atoms with Crippen LogP contribution in [0.2, 0.25) is 0 Å². The molecule has 0 saturated carbocycles. The van der Waals surface area contributed by atoms with Crippen LogP contribution in [-0.4, -0.2) is 52.9 Å². The summed E-state index contributed by atoms with van der Waals surface area (Å²) in [6.07, 6.45) is 0. The third-order valence-electron chi connectivity index (χ3n) is 5.27. The minimum Gasteiger partial charge on any atom is -0.493 e. The molecule has 0 fully saturated rings. The van der Waals surface area contributed by atoms with Crippen molar-refractivity contribution in [2.75, 3.05) is 5.01 Å². The van der Waals surface area contributed by atoms with E-state index in [0.29, 0.717) is 11.3 Å². The van der Waals surface area contributed by atoms with E-state index < -0.39 is 26.1 Å². The van der Waals surface area contributed by atoms with Gasteiger partial charge in [0.2, 0.25) is 5.88 Å². The standard InChI is InChI=1S/C21H18N4O8S2.2H3N/c1-11-17(20(26)23-22-11)19(13-3-7-15(8-4-13)34(28,29)30)18-12(2)24-25(21(18)27)14-5-9-16(10-6-14)35(31,32)33;;/h3-10H,1-2H3,(H2,22,23,26)(H,28,29,30)(H,31,32,33);2*1H3. The zero-order valence-corrected chi connectivity index (χ0v) is 21.2. The van der Waals surface area contributed by atoms with E-state index in [1.807, 2.05) is 0 Å². The van der Waals surface area contributed by atoms with Crippen LogP contribution in [0.4, 0.5) is 5.69 Å². The number of anilines is 1. The van der Waals surface area contributed by atoms with E-state index in [4.69, 9.17) is 0 Å². The van der Waals surface area contributed by atoms with Gasteiger partial charge in [0.1, 0.15) is 0 Å². The zero-order chi connectivity index (χ0) is 25.7. The molecule has 10 N–H and O–H groups in total. The van der Waals surface area contributed by atoms with Gasteiger partial charge < -0.3 is 17.4 Å². The molecule has 1 aliphatic heterocycles. The lowest BCUT2D eigenvalue weighted by molar-refractivity contribution is -0.114. The number of carbonyl (C=O) groups excluding carboxylic acids is 1. The van der Waals surface area contributed by atoms with E-state index in [0.717, 1.165) is 29.3 Å². The summed E-state index contributed by atoms with van der Waals surface area (Å²) in [6, 6.07) is 9.84. The van der Waals surface area contributed by atoms with Crippen molar-refractivity contribution in [3.8, 4) is 5.88 Å². The molecule has 0 saturated heterocycles. The Morgan fingerprint density at radius 3 is 1.78 bits per heavy atom. The maximum atomic E-state index is 13.5. The molecule has 2 heterocycles. The number of amides is 1. The Bertz CT molecular complexity index is 1610. The first-order valence-electron chi connectivity index (χ1n) is 9.83. The van der Waals surface area contributed by atoms with E-state index in [1.54, 1.807) is 13.8 Å². The third-order valence-corrected chi connectivity index (χ3v) is 7.00. The number of hydrogen-bond donors (Lipinski definition) is 6. The van der Waals surface area contributed by atoms with Crippen molar-refractivity contribution in [2.24, 2.45) is 5.10 Å². The Labute approximate surface area is 212 Å². The molecule has 1 aromatic heterocycles. The smallest absolute Gasteiger partial charge is 0.294 e. The lowest BCUT2D eigenvalue weighted by atomic mass is 9.91. The average molecular weight is 553 g/mol. The molecule has 0 bridgehead atoms. The van der Waals surface area contributed by atoms with E-state index in [9.17, 15) is 35.8 Å². The van der Waals surface area contributed by atoms with Crippen LogP contribution in [0, 0.1) is 6.92 Å². The van der Waals surface area contributed by atoms with Gasteiger partial charge in [-0.05, 0) is 55.8 Å². The molecule has 2 aromatic carbocycles. The van der Waals surface area contributed by atoms with Gasteiger partial charge in [-0.25, -0.2) is 5.10 Å². The fourth-order valence-corrected chi connectivity index (χ4v) is 4.61. The Kier molecular flexibility index (Phi) is 8.08. The van der Waals surface area contributed by atoms with Gasteiger partial charge in [-0.3, -0.25) is 13.9 Å². The first-order chi connectivity index (χ1) is 16.3. The number of carbonyl (C=O) groups is 1. The number of H-pyrrole nitrogens is 1. The summed E-state index contributed by atoms with van der Waals surface area (Å²) in [5, 5.41) is 22.1. The Morgan fingerprint density at radius 2 is 1.35 bits per heavy atom. The largest absolute Gasteiger partial charge is 0.493 e. The fraction of sp³-hybridized carbons (Fsp3) is 0.0952. The molecule has 16 heteroatoms. The number of benzene rings is 2. The number of aryl methyl sites for hydroxylation is 1. The molecule has 1 amide bonds. The summed E-state index contributed by atoms with van der Waals surface area (Å²) in [5.41, 5.74) is 1.61. The highest BCUT2D eigenvalue weighted by atomic mass is 32.2. The molecule has 0 radical (unpaired) electrons. The molecule has 0 unspecified atom stereocenters. The quantitative estimate of drug-likeness (QED) is 0.198.